The van der Waals surface area contributed by atoms with E-state index in [2.05, 4.69) is 47.5 Å². The van der Waals surface area contributed by atoms with Gasteiger partial charge in [-0.3, -0.25) is 14.4 Å². The molecule has 0 bridgehead atoms. The minimum Gasteiger partial charge on any atom is -0.322 e. The second-order valence-corrected chi connectivity index (χ2v) is 9.10. The number of para-hydroxylation sites is 1. The lowest BCUT2D eigenvalue weighted by atomic mass is 9.94. The quantitative estimate of drug-likeness (QED) is 0.533. The highest BCUT2D eigenvalue weighted by molar-refractivity contribution is 6.04. The summed E-state index contributed by atoms with van der Waals surface area (Å²) >= 11 is 0. The fraction of sp³-hybridized carbons (Fsp3) is 0.407. The number of aryl methyl sites for hydroxylation is 2. The number of hydrogen-bond donors (Lipinski definition) is 1. The number of rotatable bonds is 7. The molecule has 3 aromatic rings. The van der Waals surface area contributed by atoms with Crippen molar-refractivity contribution in [3.8, 4) is 0 Å². The minimum absolute atomic E-state index is 0.0759. The van der Waals surface area contributed by atoms with E-state index in [0.29, 0.717) is 18.2 Å². The van der Waals surface area contributed by atoms with Crippen LogP contribution in [-0.2, 0) is 13.1 Å². The van der Waals surface area contributed by atoms with E-state index in [9.17, 15) is 4.79 Å². The van der Waals surface area contributed by atoms with E-state index in [1.807, 2.05) is 48.0 Å². The smallest absolute Gasteiger partial charge is 0.255 e. The molecular formula is C27H34N4O. The van der Waals surface area contributed by atoms with Crippen LogP contribution in [0.2, 0.25) is 0 Å². The Morgan fingerprint density at radius 3 is 2.59 bits per heavy atom. The second kappa shape index (κ2) is 10.1. The van der Waals surface area contributed by atoms with E-state index in [1.54, 1.807) is 0 Å². The average molecular weight is 431 g/mol. The van der Waals surface area contributed by atoms with E-state index in [4.69, 9.17) is 0 Å². The minimum atomic E-state index is -0.0759. The van der Waals surface area contributed by atoms with Gasteiger partial charge < -0.3 is 5.32 Å². The van der Waals surface area contributed by atoms with Gasteiger partial charge in [-0.25, -0.2) is 0 Å². The van der Waals surface area contributed by atoms with Crippen LogP contribution < -0.4 is 5.32 Å². The van der Waals surface area contributed by atoms with E-state index < -0.39 is 0 Å². The van der Waals surface area contributed by atoms with Crippen molar-refractivity contribution in [3.05, 3.63) is 82.7 Å². The first kappa shape index (κ1) is 22.3. The van der Waals surface area contributed by atoms with Gasteiger partial charge in [0.05, 0.1) is 12.2 Å². The molecule has 0 aliphatic heterocycles. The summed E-state index contributed by atoms with van der Waals surface area (Å²) in [5, 5.41) is 7.69. The van der Waals surface area contributed by atoms with Crippen molar-refractivity contribution < 1.29 is 4.79 Å². The molecule has 0 atom stereocenters. The van der Waals surface area contributed by atoms with Gasteiger partial charge in [-0.1, -0.05) is 49.6 Å². The van der Waals surface area contributed by atoms with E-state index >= 15 is 0 Å². The Morgan fingerprint density at radius 2 is 1.84 bits per heavy atom. The maximum atomic E-state index is 13.1. The monoisotopic (exact) mass is 430 g/mol. The van der Waals surface area contributed by atoms with Gasteiger partial charge in [0.15, 0.2) is 0 Å². The lowest BCUT2D eigenvalue weighted by Crippen LogP contribution is -2.33. The summed E-state index contributed by atoms with van der Waals surface area (Å²) in [6, 6.07) is 18.7. The van der Waals surface area contributed by atoms with Crippen molar-refractivity contribution in [2.24, 2.45) is 0 Å². The Kier molecular flexibility index (Phi) is 7.05. The van der Waals surface area contributed by atoms with Crippen LogP contribution in [-0.4, -0.2) is 33.7 Å². The number of amides is 1. The SMILES string of the molecule is Cc1cc(C)n(Cc2cccc(C(=O)Nc3ccccc3CN(C)C3CCCCC3)c2)n1. The van der Waals surface area contributed by atoms with Crippen LogP contribution in [0.1, 0.15) is 65.0 Å². The van der Waals surface area contributed by atoms with Gasteiger partial charge in [-0.05, 0) is 69.1 Å². The fourth-order valence-corrected chi connectivity index (χ4v) is 4.71. The van der Waals surface area contributed by atoms with Crippen LogP contribution in [0.5, 0.6) is 0 Å². The second-order valence-electron chi connectivity index (χ2n) is 9.10. The third-order valence-corrected chi connectivity index (χ3v) is 6.51. The zero-order valence-corrected chi connectivity index (χ0v) is 19.5. The Hall–Kier alpha value is -2.92. The first-order valence-corrected chi connectivity index (χ1v) is 11.7. The Balaban J connectivity index is 1.45. The number of anilines is 1. The third kappa shape index (κ3) is 5.46. The van der Waals surface area contributed by atoms with Crippen molar-refractivity contribution in [1.29, 1.82) is 0 Å². The highest BCUT2D eigenvalue weighted by Crippen LogP contribution is 2.25. The highest BCUT2D eigenvalue weighted by Gasteiger charge is 2.19. The molecule has 32 heavy (non-hydrogen) atoms. The highest BCUT2D eigenvalue weighted by atomic mass is 16.1. The summed E-state index contributed by atoms with van der Waals surface area (Å²) in [7, 11) is 2.21. The van der Waals surface area contributed by atoms with Crippen LogP contribution in [0, 0.1) is 13.8 Å². The summed E-state index contributed by atoms with van der Waals surface area (Å²) < 4.78 is 1.97. The molecule has 1 fully saturated rings. The molecule has 1 aromatic heterocycles. The average Bonchev–Trinajstić information content (AvgIpc) is 3.12. The number of carbonyl (C=O) groups is 1. The molecule has 5 heteroatoms. The molecule has 5 nitrogen and oxygen atoms in total. The molecule has 0 spiro atoms. The molecule has 0 saturated heterocycles. The fourth-order valence-electron chi connectivity index (χ4n) is 4.71. The van der Waals surface area contributed by atoms with Crippen LogP contribution in [0.4, 0.5) is 5.69 Å². The zero-order valence-electron chi connectivity index (χ0n) is 19.5. The number of nitrogens with one attached hydrogen (secondary N) is 1. The summed E-state index contributed by atoms with van der Waals surface area (Å²) in [6.45, 7) is 5.55. The normalized spacial score (nSPS) is 14.6. The summed E-state index contributed by atoms with van der Waals surface area (Å²) in [5.74, 6) is -0.0759. The number of hydrogen-bond acceptors (Lipinski definition) is 3. The van der Waals surface area contributed by atoms with Crippen molar-refractivity contribution in [2.75, 3.05) is 12.4 Å². The number of benzene rings is 2. The summed E-state index contributed by atoms with van der Waals surface area (Å²) in [6.07, 6.45) is 6.54. The third-order valence-electron chi connectivity index (χ3n) is 6.51. The molecule has 4 rings (SSSR count). The van der Waals surface area contributed by atoms with Crippen molar-refractivity contribution in [3.63, 3.8) is 0 Å². The summed E-state index contributed by atoms with van der Waals surface area (Å²) in [4.78, 5) is 15.5. The van der Waals surface area contributed by atoms with Gasteiger partial charge in [-0.2, -0.15) is 5.10 Å². The van der Waals surface area contributed by atoms with Gasteiger partial charge in [-0.15, -0.1) is 0 Å². The van der Waals surface area contributed by atoms with Crippen LogP contribution >= 0.6 is 0 Å². The van der Waals surface area contributed by atoms with Gasteiger partial charge >= 0.3 is 0 Å². The molecule has 0 unspecified atom stereocenters. The maximum Gasteiger partial charge on any atom is 0.255 e. The molecular weight excluding hydrogens is 396 g/mol. The Labute approximate surface area is 191 Å². The lowest BCUT2D eigenvalue weighted by Gasteiger charge is -2.31. The zero-order chi connectivity index (χ0) is 22.5. The molecule has 1 amide bonds. The van der Waals surface area contributed by atoms with Crippen LogP contribution in [0.25, 0.3) is 0 Å². The van der Waals surface area contributed by atoms with Gasteiger partial charge in [0, 0.05) is 29.5 Å². The van der Waals surface area contributed by atoms with Gasteiger partial charge in [0.2, 0.25) is 0 Å². The number of nitrogens with zero attached hydrogens (tertiary/aromatic N) is 3. The van der Waals surface area contributed by atoms with E-state index in [0.717, 1.165) is 34.7 Å². The van der Waals surface area contributed by atoms with E-state index in [1.165, 1.54) is 32.1 Å². The molecule has 1 aliphatic rings. The first-order chi connectivity index (χ1) is 15.5. The molecule has 1 N–H and O–H groups in total. The molecule has 1 heterocycles. The van der Waals surface area contributed by atoms with Crippen molar-refractivity contribution in [2.45, 2.75) is 65.1 Å². The maximum absolute atomic E-state index is 13.1. The predicted octanol–water partition coefficient (Wildman–Crippen LogP) is 5.57. The van der Waals surface area contributed by atoms with Crippen LogP contribution in [0.3, 0.4) is 0 Å². The standard InChI is InChI=1S/C27H34N4O/c1-20-16-21(2)31(29-20)18-22-10-9-12-23(17-22)27(32)28-26-15-8-7-11-24(26)19-30(3)25-13-5-4-6-14-25/h7-12,15-17,25H,4-6,13-14,18-19H2,1-3H3,(H,28,32). The molecule has 168 valence electrons. The van der Waals surface area contributed by atoms with Crippen molar-refractivity contribution >= 4 is 11.6 Å². The Bertz CT molecular complexity index is 1070. The van der Waals surface area contributed by atoms with Gasteiger partial charge in [0.25, 0.3) is 5.91 Å². The molecule has 1 saturated carbocycles. The van der Waals surface area contributed by atoms with Crippen molar-refractivity contribution in [1.82, 2.24) is 14.7 Å². The topological polar surface area (TPSA) is 50.2 Å². The summed E-state index contributed by atoms with van der Waals surface area (Å²) in [5.41, 5.74) is 5.91. The van der Waals surface area contributed by atoms with Gasteiger partial charge in [0.1, 0.15) is 0 Å². The molecule has 1 aliphatic carbocycles. The van der Waals surface area contributed by atoms with E-state index in [-0.39, 0.29) is 5.91 Å². The number of aromatic nitrogens is 2. The Morgan fingerprint density at radius 1 is 1.06 bits per heavy atom. The molecule has 2 aromatic carbocycles. The largest absolute Gasteiger partial charge is 0.322 e. The lowest BCUT2D eigenvalue weighted by molar-refractivity contribution is 0.102. The molecule has 0 radical (unpaired) electrons. The first-order valence-electron chi connectivity index (χ1n) is 11.7. The predicted molar refractivity (Wildman–Crippen MR) is 130 cm³/mol. The van der Waals surface area contributed by atoms with Crippen LogP contribution in [0.15, 0.2) is 54.6 Å². The number of carbonyl (C=O) groups excluding carboxylic acids is 1.